The van der Waals surface area contributed by atoms with Crippen LogP contribution in [0.15, 0.2) is 67.1 Å². The molecule has 4 aromatic heterocycles. The van der Waals surface area contributed by atoms with E-state index >= 15 is 0 Å². The van der Waals surface area contributed by atoms with E-state index < -0.39 is 11.9 Å². The molecule has 0 spiro atoms. The molecule has 43 heavy (non-hydrogen) atoms. The third-order valence-corrected chi connectivity index (χ3v) is 7.51. The summed E-state index contributed by atoms with van der Waals surface area (Å²) < 4.78 is 54.4. The van der Waals surface area contributed by atoms with E-state index in [4.69, 9.17) is 19.4 Å². The maximum absolute atomic E-state index is 13.4. The Labute approximate surface area is 244 Å². The first-order valence-electron chi connectivity index (χ1n) is 13.9. The van der Waals surface area contributed by atoms with Gasteiger partial charge in [-0.05, 0) is 43.5 Å². The van der Waals surface area contributed by atoms with Crippen LogP contribution < -0.4 is 9.47 Å². The lowest BCUT2D eigenvalue weighted by Crippen LogP contribution is -2.08. The zero-order valence-corrected chi connectivity index (χ0v) is 23.3. The lowest BCUT2D eigenvalue weighted by atomic mass is 10.1. The highest BCUT2D eigenvalue weighted by Gasteiger charge is 2.35. The second-order valence-electron chi connectivity index (χ2n) is 10.3. The molecule has 1 fully saturated rings. The largest absolute Gasteiger partial charge is 0.480 e. The predicted octanol–water partition coefficient (Wildman–Crippen LogP) is 6.58. The van der Waals surface area contributed by atoms with Crippen molar-refractivity contribution < 1.29 is 22.6 Å². The lowest BCUT2D eigenvalue weighted by molar-refractivity contribution is -0.141. The second-order valence-corrected chi connectivity index (χ2v) is 10.3. The Kier molecular flexibility index (Phi) is 6.48. The van der Waals surface area contributed by atoms with E-state index in [1.165, 1.54) is 11.0 Å². The smallest absolute Gasteiger partial charge is 0.435 e. The lowest BCUT2D eigenvalue weighted by Gasteiger charge is -2.12. The van der Waals surface area contributed by atoms with Gasteiger partial charge in [0, 0.05) is 35.5 Å². The van der Waals surface area contributed by atoms with Crippen molar-refractivity contribution in [2.45, 2.75) is 38.4 Å². The minimum Gasteiger partial charge on any atom is -0.480 e. The van der Waals surface area contributed by atoms with Crippen LogP contribution in [-0.4, -0.2) is 48.0 Å². The maximum atomic E-state index is 13.4. The quantitative estimate of drug-likeness (QED) is 0.199. The Bertz CT molecular complexity index is 1960. The van der Waals surface area contributed by atoms with Gasteiger partial charge in [-0.1, -0.05) is 30.3 Å². The SMILES string of the molecule is CCOc1cc(C(F)(F)F)nn1-c1ccc(Cn2c3ccccc3c3cnc(-c4c(OC)ncnc4C4CC4)nc32)cc1. The van der Waals surface area contributed by atoms with Crippen LogP contribution in [0.3, 0.4) is 0 Å². The highest BCUT2D eigenvalue weighted by atomic mass is 19.4. The predicted molar refractivity (Wildman–Crippen MR) is 153 cm³/mol. The molecule has 1 aliphatic carbocycles. The van der Waals surface area contributed by atoms with Gasteiger partial charge in [0.2, 0.25) is 11.8 Å². The van der Waals surface area contributed by atoms with Crippen LogP contribution in [0.2, 0.25) is 0 Å². The van der Waals surface area contributed by atoms with E-state index in [-0.39, 0.29) is 12.5 Å². The number of methoxy groups -OCH3 is 1. The van der Waals surface area contributed by atoms with Crippen LogP contribution in [0.1, 0.15) is 42.6 Å². The minimum absolute atomic E-state index is 0.0279. The molecule has 0 radical (unpaired) electrons. The van der Waals surface area contributed by atoms with E-state index in [9.17, 15) is 13.2 Å². The molecule has 12 heteroatoms. The van der Waals surface area contributed by atoms with Crippen molar-refractivity contribution in [1.29, 1.82) is 0 Å². The van der Waals surface area contributed by atoms with Crippen molar-refractivity contribution in [3.05, 3.63) is 84.1 Å². The molecule has 4 heterocycles. The summed E-state index contributed by atoms with van der Waals surface area (Å²) in [4.78, 5) is 18.6. The summed E-state index contributed by atoms with van der Waals surface area (Å²) in [5.41, 5.74) is 3.69. The van der Waals surface area contributed by atoms with Gasteiger partial charge in [-0.3, -0.25) is 0 Å². The van der Waals surface area contributed by atoms with Gasteiger partial charge in [0.05, 0.1) is 30.6 Å². The normalized spacial score (nSPS) is 13.6. The number of hydrogen-bond donors (Lipinski definition) is 0. The van der Waals surface area contributed by atoms with Gasteiger partial charge >= 0.3 is 6.18 Å². The molecule has 0 N–H and O–H groups in total. The van der Waals surface area contributed by atoms with Gasteiger partial charge in [0.1, 0.15) is 17.5 Å². The highest BCUT2D eigenvalue weighted by Crippen LogP contribution is 2.45. The Morgan fingerprint density at radius 1 is 0.977 bits per heavy atom. The molecule has 0 aliphatic heterocycles. The number of ether oxygens (including phenoxy) is 2. The monoisotopic (exact) mass is 585 g/mol. The number of para-hydroxylation sites is 1. The Hall–Kier alpha value is -5.00. The molecule has 1 aliphatic rings. The molecule has 6 aromatic rings. The summed E-state index contributed by atoms with van der Waals surface area (Å²) in [7, 11) is 1.58. The molecule has 0 atom stereocenters. The van der Waals surface area contributed by atoms with Crippen molar-refractivity contribution in [3.63, 3.8) is 0 Å². The first-order chi connectivity index (χ1) is 20.9. The van der Waals surface area contributed by atoms with Gasteiger partial charge < -0.3 is 14.0 Å². The first kappa shape index (κ1) is 26.9. The summed E-state index contributed by atoms with van der Waals surface area (Å²) in [5, 5.41) is 5.67. The Morgan fingerprint density at radius 2 is 1.77 bits per heavy atom. The van der Waals surface area contributed by atoms with Crippen LogP contribution >= 0.6 is 0 Å². The zero-order valence-electron chi connectivity index (χ0n) is 23.3. The molecule has 2 aromatic carbocycles. The van der Waals surface area contributed by atoms with Crippen molar-refractivity contribution in [2.24, 2.45) is 0 Å². The number of alkyl halides is 3. The number of rotatable bonds is 8. The fourth-order valence-corrected chi connectivity index (χ4v) is 5.38. The number of aromatic nitrogens is 7. The molecule has 9 nitrogen and oxygen atoms in total. The molecule has 0 saturated heterocycles. The number of halogens is 3. The molecule has 1 saturated carbocycles. The summed E-state index contributed by atoms with van der Waals surface area (Å²) in [6, 6.07) is 16.1. The number of fused-ring (bicyclic) bond motifs is 3. The van der Waals surface area contributed by atoms with E-state index in [0.29, 0.717) is 35.4 Å². The summed E-state index contributed by atoms with van der Waals surface area (Å²) >= 11 is 0. The topological polar surface area (TPSA) is 92.8 Å². The van der Waals surface area contributed by atoms with Gasteiger partial charge in [-0.2, -0.15) is 18.3 Å². The molecule has 0 bridgehead atoms. The van der Waals surface area contributed by atoms with E-state index in [1.807, 2.05) is 42.6 Å². The number of hydrogen-bond acceptors (Lipinski definition) is 7. The molecule has 7 rings (SSSR count). The van der Waals surface area contributed by atoms with Crippen LogP contribution in [0.4, 0.5) is 13.2 Å². The third kappa shape index (κ3) is 4.82. The Balaban J connectivity index is 1.30. The third-order valence-electron chi connectivity index (χ3n) is 7.51. The summed E-state index contributed by atoms with van der Waals surface area (Å²) in [6.45, 7) is 2.38. The van der Waals surface area contributed by atoms with E-state index in [1.54, 1.807) is 26.2 Å². The average molecular weight is 586 g/mol. The van der Waals surface area contributed by atoms with Crippen molar-refractivity contribution >= 4 is 21.9 Å². The van der Waals surface area contributed by atoms with Gasteiger partial charge in [0.25, 0.3) is 0 Å². The first-order valence-corrected chi connectivity index (χ1v) is 13.9. The van der Waals surface area contributed by atoms with Gasteiger partial charge in [0.15, 0.2) is 11.5 Å². The van der Waals surface area contributed by atoms with Gasteiger partial charge in [-0.25, -0.2) is 24.6 Å². The average Bonchev–Trinajstić information content (AvgIpc) is 3.71. The van der Waals surface area contributed by atoms with E-state index in [0.717, 1.165) is 52.1 Å². The minimum atomic E-state index is -4.58. The number of nitrogens with zero attached hydrogens (tertiary/aromatic N) is 7. The second kappa shape index (κ2) is 10.4. The molecule has 0 unspecified atom stereocenters. The Morgan fingerprint density at radius 3 is 2.49 bits per heavy atom. The van der Waals surface area contributed by atoms with Crippen LogP contribution in [0.5, 0.6) is 11.8 Å². The molecule has 218 valence electrons. The van der Waals surface area contributed by atoms with Crippen molar-refractivity contribution in [1.82, 2.24) is 34.3 Å². The molecular formula is C31H26F3N7O2. The van der Waals surface area contributed by atoms with Crippen LogP contribution in [0, 0.1) is 0 Å². The molecular weight excluding hydrogens is 559 g/mol. The molecule has 0 amide bonds. The fourth-order valence-electron chi connectivity index (χ4n) is 5.38. The van der Waals surface area contributed by atoms with E-state index in [2.05, 4.69) is 19.6 Å². The van der Waals surface area contributed by atoms with Crippen molar-refractivity contribution in [2.75, 3.05) is 13.7 Å². The maximum Gasteiger partial charge on any atom is 0.435 e. The van der Waals surface area contributed by atoms with Gasteiger partial charge in [-0.15, -0.1) is 0 Å². The zero-order chi connectivity index (χ0) is 29.7. The highest BCUT2D eigenvalue weighted by molar-refractivity contribution is 6.06. The summed E-state index contributed by atoms with van der Waals surface area (Å²) in [6.07, 6.45) is 0.860. The van der Waals surface area contributed by atoms with Crippen molar-refractivity contribution in [3.8, 4) is 28.8 Å². The fraction of sp³-hybridized carbons (Fsp3) is 0.258. The standard InChI is InChI=1S/C31H26F3N7O2/c1-3-43-25-14-24(31(32,33)34)39-41(25)20-12-8-18(9-13-20)16-40-23-7-5-4-6-21(23)22-15-35-28(38-29(22)40)26-27(19-10-11-19)36-17-37-30(26)42-2/h4-9,12-15,17,19H,3,10-11,16H2,1-2H3. The van der Waals surface area contributed by atoms with Crippen LogP contribution in [-0.2, 0) is 12.7 Å². The van der Waals surface area contributed by atoms with Crippen LogP contribution in [0.25, 0.3) is 39.0 Å². The summed E-state index contributed by atoms with van der Waals surface area (Å²) in [5.74, 6) is 1.29. The number of benzene rings is 2.